The van der Waals surface area contributed by atoms with Crippen molar-refractivity contribution in [1.82, 2.24) is 15.0 Å². The van der Waals surface area contributed by atoms with E-state index in [1.54, 1.807) is 0 Å². The molecule has 1 heterocycles. The number of nitrogens with zero attached hydrogens (tertiary/aromatic N) is 2. The maximum Gasteiger partial charge on any atom is 0.405 e. The van der Waals surface area contributed by atoms with E-state index >= 15 is 0 Å². The van der Waals surface area contributed by atoms with Crippen LogP contribution in [0.4, 0.5) is 13.2 Å². The van der Waals surface area contributed by atoms with Gasteiger partial charge in [0.05, 0.1) is 11.4 Å². The summed E-state index contributed by atoms with van der Waals surface area (Å²) in [5.41, 5.74) is -0.530. The van der Waals surface area contributed by atoms with Crippen molar-refractivity contribution < 1.29 is 36.1 Å². The van der Waals surface area contributed by atoms with Crippen LogP contribution < -0.4 is 4.72 Å². The number of hydrogen-bond acceptors (Lipinski definition) is 6. The monoisotopic (exact) mass is 373 g/mol. The van der Waals surface area contributed by atoms with Crippen LogP contribution in [0.1, 0.15) is 6.42 Å². The van der Waals surface area contributed by atoms with Gasteiger partial charge in [-0.15, -0.1) is 0 Å². The molecule has 13 heteroatoms. The van der Waals surface area contributed by atoms with E-state index in [0.29, 0.717) is 0 Å². The van der Waals surface area contributed by atoms with E-state index in [1.165, 1.54) is 4.72 Å². The first-order valence-electron chi connectivity index (χ1n) is 5.74. The third-order valence-corrected chi connectivity index (χ3v) is 4.50. The lowest BCUT2D eigenvalue weighted by atomic mass is 10.2. The molecule has 0 unspecified atom stereocenters. The van der Waals surface area contributed by atoms with Crippen molar-refractivity contribution in [2.24, 2.45) is 0 Å². The highest BCUT2D eigenvalue weighted by atomic mass is 35.5. The average molecular weight is 374 g/mol. The lowest BCUT2D eigenvalue weighted by molar-refractivity contribution is -0.163. The minimum absolute atomic E-state index is 0.0156. The van der Waals surface area contributed by atoms with Crippen LogP contribution in [0.2, 0.25) is 5.02 Å². The van der Waals surface area contributed by atoms with E-state index in [4.69, 9.17) is 16.7 Å². The normalized spacial score (nSPS) is 14.1. The molecule has 2 aromatic rings. The quantitative estimate of drug-likeness (QED) is 0.815. The molecular weight excluding hydrogens is 367 g/mol. The zero-order valence-corrected chi connectivity index (χ0v) is 12.4. The van der Waals surface area contributed by atoms with E-state index in [2.05, 4.69) is 14.9 Å². The van der Waals surface area contributed by atoms with Crippen molar-refractivity contribution in [1.29, 1.82) is 0 Å². The molecule has 23 heavy (non-hydrogen) atoms. The predicted octanol–water partition coefficient (Wildman–Crippen LogP) is 1.56. The molecule has 1 aromatic carbocycles. The van der Waals surface area contributed by atoms with Crippen LogP contribution in [0.5, 0.6) is 0 Å². The van der Waals surface area contributed by atoms with Crippen molar-refractivity contribution in [2.45, 2.75) is 23.5 Å². The number of carboxylic acids is 1. The van der Waals surface area contributed by atoms with E-state index < -0.39 is 39.5 Å². The first kappa shape index (κ1) is 17.4. The molecule has 1 atom stereocenters. The molecule has 0 aliphatic heterocycles. The van der Waals surface area contributed by atoms with E-state index in [-0.39, 0.29) is 16.1 Å². The number of rotatable bonds is 5. The Morgan fingerprint density at radius 2 is 1.96 bits per heavy atom. The van der Waals surface area contributed by atoms with Crippen molar-refractivity contribution >= 4 is 38.6 Å². The molecule has 126 valence electrons. The van der Waals surface area contributed by atoms with Gasteiger partial charge in [-0.25, -0.2) is 13.0 Å². The molecule has 0 radical (unpaired) electrons. The molecule has 8 nitrogen and oxygen atoms in total. The van der Waals surface area contributed by atoms with Gasteiger partial charge in [-0.1, -0.05) is 11.6 Å². The van der Waals surface area contributed by atoms with Crippen molar-refractivity contribution in [3.8, 4) is 0 Å². The Hall–Kier alpha value is -1.92. The number of carboxylic acid groups (broad SMARTS) is 1. The molecule has 2 N–H and O–H groups in total. The first-order chi connectivity index (χ1) is 10.5. The summed E-state index contributed by atoms with van der Waals surface area (Å²) in [4.78, 5) is 9.84. The highest BCUT2D eigenvalue weighted by molar-refractivity contribution is 7.89. The second kappa shape index (κ2) is 5.94. The van der Waals surface area contributed by atoms with Gasteiger partial charge in [-0.3, -0.25) is 4.79 Å². The van der Waals surface area contributed by atoms with Gasteiger partial charge in [0.25, 0.3) is 0 Å². The minimum Gasteiger partial charge on any atom is -0.481 e. The third-order valence-electron chi connectivity index (χ3n) is 2.69. The van der Waals surface area contributed by atoms with Gasteiger partial charge < -0.3 is 5.11 Å². The Labute approximate surface area is 131 Å². The number of halogens is 4. The summed E-state index contributed by atoms with van der Waals surface area (Å²) in [6.45, 7) is 0. The van der Waals surface area contributed by atoms with Gasteiger partial charge in [0.15, 0.2) is 11.0 Å². The van der Waals surface area contributed by atoms with Gasteiger partial charge in [-0.2, -0.15) is 17.9 Å². The van der Waals surface area contributed by atoms with Gasteiger partial charge >= 0.3 is 12.1 Å². The lowest BCUT2D eigenvalue weighted by Crippen LogP contribution is -2.46. The highest BCUT2D eigenvalue weighted by Crippen LogP contribution is 2.29. The Morgan fingerprint density at radius 1 is 1.35 bits per heavy atom. The standard InChI is InChI=1S/C10H7ClF3N3O5S/c11-4-1-2-5(9-8(4)15-22-16-9)23(20,21)17-6(3-7(18)19)10(12,13)14/h1-2,6,17H,3H2,(H,18,19)/t6-/m1/s1. The van der Waals surface area contributed by atoms with Crippen molar-refractivity contribution in [2.75, 3.05) is 0 Å². The summed E-state index contributed by atoms with van der Waals surface area (Å²) in [7, 11) is -4.76. The fourth-order valence-electron chi connectivity index (χ4n) is 1.68. The van der Waals surface area contributed by atoms with E-state index in [9.17, 15) is 26.4 Å². The predicted molar refractivity (Wildman–Crippen MR) is 69.2 cm³/mol. The maximum absolute atomic E-state index is 12.8. The molecule has 0 saturated heterocycles. The Bertz CT molecular complexity index is 851. The number of benzene rings is 1. The number of hydrogen-bond donors (Lipinski definition) is 2. The highest BCUT2D eigenvalue weighted by Gasteiger charge is 2.44. The molecule has 0 aliphatic carbocycles. The Morgan fingerprint density at radius 3 is 2.52 bits per heavy atom. The number of aliphatic carboxylic acids is 1. The zero-order chi connectivity index (χ0) is 17.4. The summed E-state index contributed by atoms with van der Waals surface area (Å²) in [6.07, 6.45) is -6.57. The summed E-state index contributed by atoms with van der Waals surface area (Å²) >= 11 is 5.73. The Kier molecular flexibility index (Phi) is 4.50. The van der Waals surface area contributed by atoms with E-state index in [1.807, 2.05) is 0 Å². The largest absolute Gasteiger partial charge is 0.481 e. The van der Waals surface area contributed by atoms with Gasteiger partial charge in [0, 0.05) is 0 Å². The third kappa shape index (κ3) is 3.71. The average Bonchev–Trinajstić information content (AvgIpc) is 2.86. The fraction of sp³-hybridized carbons (Fsp3) is 0.300. The SMILES string of the molecule is O=C(O)C[C@@H](NS(=O)(=O)c1ccc(Cl)c2nonc12)C(F)(F)F. The molecule has 1 aromatic heterocycles. The van der Waals surface area contributed by atoms with Gasteiger partial charge in [-0.05, 0) is 22.4 Å². The zero-order valence-electron chi connectivity index (χ0n) is 10.8. The molecule has 2 rings (SSSR count). The molecule has 0 fully saturated rings. The molecule has 0 bridgehead atoms. The van der Waals surface area contributed by atoms with E-state index in [0.717, 1.165) is 12.1 Å². The summed E-state index contributed by atoms with van der Waals surface area (Å²) in [5.74, 6) is -1.82. The summed E-state index contributed by atoms with van der Waals surface area (Å²) in [5, 5.41) is 15.1. The van der Waals surface area contributed by atoms with Gasteiger partial charge in [0.1, 0.15) is 10.9 Å². The number of sulfonamides is 1. The number of nitrogens with one attached hydrogen (secondary N) is 1. The molecule has 0 saturated carbocycles. The van der Waals surface area contributed by atoms with Gasteiger partial charge in [0.2, 0.25) is 10.0 Å². The van der Waals surface area contributed by atoms with Crippen molar-refractivity contribution in [3.05, 3.63) is 17.2 Å². The number of carbonyl (C=O) groups is 1. The van der Waals surface area contributed by atoms with Crippen LogP contribution in [0, 0.1) is 0 Å². The van der Waals surface area contributed by atoms with Crippen LogP contribution in [-0.2, 0) is 14.8 Å². The second-order valence-corrected chi connectivity index (χ2v) is 6.41. The van der Waals surface area contributed by atoms with Crippen LogP contribution in [0.15, 0.2) is 21.7 Å². The number of alkyl halides is 3. The topological polar surface area (TPSA) is 122 Å². The Balaban J connectivity index is 2.46. The molecule has 0 amide bonds. The summed E-state index contributed by atoms with van der Waals surface area (Å²) in [6, 6.07) is -0.816. The number of aromatic nitrogens is 2. The van der Waals surface area contributed by atoms with Crippen molar-refractivity contribution in [3.63, 3.8) is 0 Å². The number of fused-ring (bicyclic) bond motifs is 1. The van der Waals surface area contributed by atoms with Crippen LogP contribution in [0.25, 0.3) is 11.0 Å². The van der Waals surface area contributed by atoms with Crippen LogP contribution in [0.3, 0.4) is 0 Å². The maximum atomic E-state index is 12.8. The molecular formula is C10H7ClF3N3O5S. The minimum atomic E-state index is -5.10. The smallest absolute Gasteiger partial charge is 0.405 e. The molecule has 0 aliphatic rings. The van der Waals surface area contributed by atoms with Crippen LogP contribution >= 0.6 is 11.6 Å². The second-order valence-electron chi connectivity index (χ2n) is 4.32. The first-order valence-corrected chi connectivity index (χ1v) is 7.60. The fourth-order valence-corrected chi connectivity index (χ4v) is 3.22. The molecule has 0 spiro atoms. The summed E-state index contributed by atoms with van der Waals surface area (Å²) < 4.78 is 68.3. The van der Waals surface area contributed by atoms with Crippen LogP contribution in [-0.4, -0.2) is 42.0 Å². The lowest BCUT2D eigenvalue weighted by Gasteiger charge is -2.19.